The molecule has 0 saturated carbocycles. The molecular formula is C22H26N2O5S. The van der Waals surface area contributed by atoms with E-state index in [0.717, 1.165) is 5.56 Å². The zero-order chi connectivity index (χ0) is 21.1. The van der Waals surface area contributed by atoms with Gasteiger partial charge in [0.1, 0.15) is 12.7 Å². The lowest BCUT2D eigenvalue weighted by molar-refractivity contribution is -0.126. The van der Waals surface area contributed by atoms with E-state index in [1.807, 2.05) is 31.2 Å². The quantitative estimate of drug-likeness (QED) is 0.787. The van der Waals surface area contributed by atoms with Crippen molar-refractivity contribution in [3.05, 3.63) is 54.1 Å². The van der Waals surface area contributed by atoms with Gasteiger partial charge in [-0.25, -0.2) is 8.42 Å². The third kappa shape index (κ3) is 4.44. The first-order valence-corrected chi connectivity index (χ1v) is 11.6. The summed E-state index contributed by atoms with van der Waals surface area (Å²) < 4.78 is 38.6. The van der Waals surface area contributed by atoms with Gasteiger partial charge in [0.25, 0.3) is 0 Å². The van der Waals surface area contributed by atoms with Crippen LogP contribution in [0.15, 0.2) is 53.4 Å². The standard InChI is InChI=1S/C22H26N2O5S/c1-16-6-8-19(9-7-16)30(26,27)24-12-10-17(11-13-24)22(25)23-14-18-15-28-20-4-2-3-5-21(20)29-18/h2-9,17-18H,10-15H2,1H3,(H,23,25)/t18-/m0/s1. The molecule has 2 heterocycles. The molecule has 7 nitrogen and oxygen atoms in total. The van der Waals surface area contributed by atoms with E-state index in [9.17, 15) is 13.2 Å². The third-order valence-corrected chi connectivity index (χ3v) is 7.47. The molecule has 2 aliphatic rings. The largest absolute Gasteiger partial charge is 0.486 e. The lowest BCUT2D eigenvalue weighted by Gasteiger charge is -2.31. The van der Waals surface area contributed by atoms with E-state index < -0.39 is 10.0 Å². The summed E-state index contributed by atoms with van der Waals surface area (Å²) in [4.78, 5) is 12.9. The highest BCUT2D eigenvalue weighted by atomic mass is 32.2. The van der Waals surface area contributed by atoms with Crippen LogP contribution in [0.1, 0.15) is 18.4 Å². The monoisotopic (exact) mass is 430 g/mol. The highest BCUT2D eigenvalue weighted by Gasteiger charge is 2.32. The molecule has 30 heavy (non-hydrogen) atoms. The van der Waals surface area contributed by atoms with E-state index in [1.165, 1.54) is 4.31 Å². The summed E-state index contributed by atoms with van der Waals surface area (Å²) in [7, 11) is -3.52. The van der Waals surface area contributed by atoms with E-state index in [2.05, 4.69) is 5.32 Å². The second-order valence-electron chi connectivity index (χ2n) is 7.73. The van der Waals surface area contributed by atoms with Gasteiger partial charge < -0.3 is 14.8 Å². The first kappa shape index (κ1) is 20.7. The van der Waals surface area contributed by atoms with Crippen molar-refractivity contribution in [2.45, 2.75) is 30.8 Å². The van der Waals surface area contributed by atoms with Gasteiger partial charge in [-0.3, -0.25) is 4.79 Å². The fourth-order valence-electron chi connectivity index (χ4n) is 3.74. The molecule has 160 valence electrons. The Kier molecular flexibility index (Phi) is 5.97. The Morgan fingerprint density at radius 3 is 2.43 bits per heavy atom. The molecule has 0 radical (unpaired) electrons. The van der Waals surface area contributed by atoms with Gasteiger partial charge in [0.2, 0.25) is 15.9 Å². The predicted molar refractivity (Wildman–Crippen MR) is 112 cm³/mol. The van der Waals surface area contributed by atoms with Crippen molar-refractivity contribution in [1.29, 1.82) is 0 Å². The topological polar surface area (TPSA) is 84.9 Å². The lowest BCUT2D eigenvalue weighted by Crippen LogP contribution is -2.46. The Labute approximate surface area is 177 Å². The Morgan fingerprint density at radius 1 is 1.07 bits per heavy atom. The van der Waals surface area contributed by atoms with Crippen molar-refractivity contribution in [2.24, 2.45) is 5.92 Å². The first-order valence-electron chi connectivity index (χ1n) is 10.2. The van der Waals surface area contributed by atoms with E-state index in [-0.39, 0.29) is 17.9 Å². The summed E-state index contributed by atoms with van der Waals surface area (Å²) in [5.41, 5.74) is 1.01. The SMILES string of the molecule is Cc1ccc(S(=O)(=O)N2CCC(C(=O)NC[C@H]3COc4ccccc4O3)CC2)cc1. The molecule has 0 bridgehead atoms. The molecular weight excluding hydrogens is 404 g/mol. The van der Waals surface area contributed by atoms with Crippen molar-refractivity contribution in [3.8, 4) is 11.5 Å². The highest BCUT2D eigenvalue weighted by Crippen LogP contribution is 2.30. The van der Waals surface area contributed by atoms with Crippen LogP contribution < -0.4 is 14.8 Å². The van der Waals surface area contributed by atoms with E-state index in [1.54, 1.807) is 24.3 Å². The number of para-hydroxylation sites is 2. The van der Waals surface area contributed by atoms with Crippen molar-refractivity contribution in [1.82, 2.24) is 9.62 Å². The van der Waals surface area contributed by atoms with Crippen LogP contribution in [0, 0.1) is 12.8 Å². The van der Waals surface area contributed by atoms with E-state index in [4.69, 9.17) is 9.47 Å². The van der Waals surface area contributed by atoms with Gasteiger partial charge in [0.05, 0.1) is 11.4 Å². The van der Waals surface area contributed by atoms with Gasteiger partial charge in [-0.15, -0.1) is 0 Å². The Bertz CT molecular complexity index is 998. The van der Waals surface area contributed by atoms with Crippen molar-refractivity contribution in [2.75, 3.05) is 26.2 Å². The number of nitrogens with one attached hydrogen (secondary N) is 1. The van der Waals surface area contributed by atoms with Crippen molar-refractivity contribution < 1.29 is 22.7 Å². The van der Waals surface area contributed by atoms with Crippen LogP contribution in [0.2, 0.25) is 0 Å². The van der Waals surface area contributed by atoms with Crippen molar-refractivity contribution >= 4 is 15.9 Å². The zero-order valence-electron chi connectivity index (χ0n) is 16.9. The number of hydrogen-bond donors (Lipinski definition) is 1. The smallest absolute Gasteiger partial charge is 0.243 e. The second kappa shape index (κ2) is 8.65. The lowest BCUT2D eigenvalue weighted by atomic mass is 9.97. The minimum atomic E-state index is -3.52. The van der Waals surface area contributed by atoms with Crippen molar-refractivity contribution in [3.63, 3.8) is 0 Å². The normalized spacial score (nSPS) is 20.0. The molecule has 2 aromatic rings. The molecule has 8 heteroatoms. The number of benzene rings is 2. The molecule has 0 aromatic heterocycles. The number of amides is 1. The summed E-state index contributed by atoms with van der Waals surface area (Å²) >= 11 is 0. The first-order chi connectivity index (χ1) is 14.4. The second-order valence-corrected chi connectivity index (χ2v) is 9.67. The number of aryl methyl sites for hydroxylation is 1. The molecule has 1 N–H and O–H groups in total. The highest BCUT2D eigenvalue weighted by molar-refractivity contribution is 7.89. The van der Waals surface area contributed by atoms with Gasteiger partial charge in [-0.1, -0.05) is 29.8 Å². The molecule has 1 fully saturated rings. The number of carbonyl (C=O) groups excluding carboxylic acids is 1. The number of piperidine rings is 1. The average molecular weight is 431 g/mol. The third-order valence-electron chi connectivity index (χ3n) is 5.55. The van der Waals surface area contributed by atoms with Gasteiger partial charge in [0.15, 0.2) is 11.5 Å². The minimum absolute atomic E-state index is 0.0650. The number of carbonyl (C=O) groups is 1. The maximum Gasteiger partial charge on any atom is 0.243 e. The molecule has 1 saturated heterocycles. The number of sulfonamides is 1. The maximum atomic E-state index is 12.8. The van der Waals surface area contributed by atoms with Gasteiger partial charge in [-0.2, -0.15) is 4.31 Å². The van der Waals surface area contributed by atoms with Crippen LogP contribution in [-0.4, -0.2) is 51.0 Å². The molecule has 0 aliphatic carbocycles. The Morgan fingerprint density at radius 2 is 1.73 bits per heavy atom. The Balaban J connectivity index is 1.27. The van der Waals surface area contributed by atoms with E-state index >= 15 is 0 Å². The van der Waals surface area contributed by atoms with Crippen LogP contribution in [0.4, 0.5) is 0 Å². The van der Waals surface area contributed by atoms with Gasteiger partial charge in [-0.05, 0) is 44.0 Å². The minimum Gasteiger partial charge on any atom is -0.486 e. The molecule has 2 aromatic carbocycles. The fraction of sp³-hybridized carbons (Fsp3) is 0.409. The summed E-state index contributed by atoms with van der Waals surface area (Å²) in [6.07, 6.45) is 0.759. The summed E-state index contributed by atoms with van der Waals surface area (Å²) in [5, 5.41) is 2.93. The Hall–Kier alpha value is -2.58. The molecule has 0 unspecified atom stereocenters. The fourth-order valence-corrected chi connectivity index (χ4v) is 5.21. The number of ether oxygens (including phenoxy) is 2. The summed E-state index contributed by atoms with van der Waals surface area (Å²) in [5.74, 6) is 1.12. The molecule has 4 rings (SSSR count). The molecule has 2 aliphatic heterocycles. The number of hydrogen-bond acceptors (Lipinski definition) is 5. The van der Waals surface area contributed by atoms with Crippen LogP contribution in [0.3, 0.4) is 0 Å². The van der Waals surface area contributed by atoms with Crippen LogP contribution in [0.5, 0.6) is 11.5 Å². The zero-order valence-corrected chi connectivity index (χ0v) is 17.7. The predicted octanol–water partition coefficient (Wildman–Crippen LogP) is 2.35. The van der Waals surface area contributed by atoms with Gasteiger partial charge in [0, 0.05) is 19.0 Å². The van der Waals surface area contributed by atoms with Crippen LogP contribution in [-0.2, 0) is 14.8 Å². The summed E-state index contributed by atoms with van der Waals surface area (Å²) in [6, 6.07) is 14.3. The molecule has 1 atom stereocenters. The van der Waals surface area contributed by atoms with E-state index in [0.29, 0.717) is 55.5 Å². The number of rotatable bonds is 5. The number of nitrogens with zero attached hydrogens (tertiary/aromatic N) is 1. The number of fused-ring (bicyclic) bond motifs is 1. The molecule has 1 amide bonds. The maximum absolute atomic E-state index is 12.8. The summed E-state index contributed by atoms with van der Waals surface area (Å²) in [6.45, 7) is 3.33. The molecule has 0 spiro atoms. The van der Waals surface area contributed by atoms with Crippen LogP contribution in [0.25, 0.3) is 0 Å². The van der Waals surface area contributed by atoms with Crippen LogP contribution >= 0.6 is 0 Å². The average Bonchev–Trinajstić information content (AvgIpc) is 2.77. The van der Waals surface area contributed by atoms with Gasteiger partial charge >= 0.3 is 0 Å².